The molecule has 0 saturated carbocycles. The number of nitriles is 2. The van der Waals surface area contributed by atoms with Gasteiger partial charge in [0.2, 0.25) is 0 Å². The summed E-state index contributed by atoms with van der Waals surface area (Å²) in [7, 11) is 0. The van der Waals surface area contributed by atoms with Crippen LogP contribution in [0.3, 0.4) is 0 Å². The summed E-state index contributed by atoms with van der Waals surface area (Å²) in [5.41, 5.74) is -0.774. The van der Waals surface area contributed by atoms with Crippen molar-refractivity contribution in [2.75, 3.05) is 13.1 Å². The largest absolute Gasteiger partial charge is 0.312 e. The Kier molecular flexibility index (Phi) is 4.75. The van der Waals surface area contributed by atoms with Gasteiger partial charge in [-0.2, -0.15) is 10.5 Å². The fraction of sp³-hybridized carbons (Fsp3) is 0.182. The molecule has 1 amide bonds. The smallest absolute Gasteiger partial charge is 0.261 e. The Hall–Kier alpha value is -1.99. The lowest BCUT2D eigenvalue weighted by molar-refractivity contribution is 0.0785. The fourth-order valence-corrected chi connectivity index (χ4v) is 1.68. The van der Waals surface area contributed by atoms with Gasteiger partial charge in [0.05, 0.1) is 12.1 Å². The number of halogens is 3. The van der Waals surface area contributed by atoms with Crippen molar-refractivity contribution in [2.45, 2.75) is 0 Å². The summed E-state index contributed by atoms with van der Waals surface area (Å²) in [6, 6.07) is 5.18. The van der Waals surface area contributed by atoms with E-state index in [4.69, 9.17) is 10.5 Å². The lowest BCUT2D eigenvalue weighted by Gasteiger charge is -2.16. The molecule has 0 fully saturated rings. The van der Waals surface area contributed by atoms with E-state index in [1.54, 1.807) is 12.1 Å². The Balaban J connectivity index is 3.18. The van der Waals surface area contributed by atoms with Crippen LogP contribution in [0.5, 0.6) is 0 Å². The minimum atomic E-state index is -1.05. The molecule has 1 aromatic rings. The maximum Gasteiger partial charge on any atom is 0.261 e. The van der Waals surface area contributed by atoms with Gasteiger partial charge in [0.1, 0.15) is 30.3 Å². The highest BCUT2D eigenvalue weighted by Gasteiger charge is 2.23. The summed E-state index contributed by atoms with van der Waals surface area (Å²) in [5.74, 6) is -3.12. The lowest BCUT2D eigenvalue weighted by Crippen LogP contribution is -2.33. The molecule has 0 unspecified atom stereocenters. The molecular formula is C11H6BrF2N3O. The van der Waals surface area contributed by atoms with Crippen molar-refractivity contribution in [3.63, 3.8) is 0 Å². The summed E-state index contributed by atoms with van der Waals surface area (Å²) in [6.45, 7) is -0.831. The fourth-order valence-electron chi connectivity index (χ4n) is 1.27. The highest BCUT2D eigenvalue weighted by molar-refractivity contribution is 9.10. The number of rotatable bonds is 3. The van der Waals surface area contributed by atoms with E-state index >= 15 is 0 Å². The number of amides is 1. The molecule has 0 bridgehead atoms. The number of hydrogen-bond donors (Lipinski definition) is 0. The monoisotopic (exact) mass is 313 g/mol. The highest BCUT2D eigenvalue weighted by Crippen LogP contribution is 2.20. The van der Waals surface area contributed by atoms with Crippen LogP contribution in [0.4, 0.5) is 8.78 Å². The van der Waals surface area contributed by atoms with Crippen LogP contribution in [-0.4, -0.2) is 23.9 Å². The summed E-state index contributed by atoms with van der Waals surface area (Å²) >= 11 is 2.89. The maximum atomic E-state index is 13.5. The second-order valence-electron chi connectivity index (χ2n) is 3.22. The Morgan fingerprint density at radius 3 is 2.06 bits per heavy atom. The van der Waals surface area contributed by atoms with Gasteiger partial charge in [-0.25, -0.2) is 8.78 Å². The van der Waals surface area contributed by atoms with Gasteiger partial charge in [-0.3, -0.25) is 4.79 Å². The number of benzene rings is 1. The molecule has 18 heavy (non-hydrogen) atoms. The predicted octanol–water partition coefficient (Wildman–Crippen LogP) is 2.22. The van der Waals surface area contributed by atoms with Crippen LogP contribution >= 0.6 is 15.9 Å². The molecular weight excluding hydrogens is 308 g/mol. The minimum Gasteiger partial charge on any atom is -0.312 e. The third-order valence-corrected chi connectivity index (χ3v) is 2.49. The van der Waals surface area contributed by atoms with E-state index in [1.165, 1.54) is 0 Å². The first-order valence-electron chi connectivity index (χ1n) is 4.69. The van der Waals surface area contributed by atoms with E-state index < -0.39 is 36.2 Å². The lowest BCUT2D eigenvalue weighted by atomic mass is 10.1. The maximum absolute atomic E-state index is 13.5. The topological polar surface area (TPSA) is 67.9 Å². The molecule has 0 heterocycles. The molecule has 92 valence electrons. The van der Waals surface area contributed by atoms with Crippen LogP contribution in [0.1, 0.15) is 10.4 Å². The molecule has 0 spiro atoms. The molecule has 0 radical (unpaired) electrons. The summed E-state index contributed by atoms with van der Waals surface area (Å²) in [6.07, 6.45) is 0. The number of hydrogen-bond acceptors (Lipinski definition) is 3. The molecule has 0 aliphatic heterocycles. The third kappa shape index (κ3) is 3.02. The Labute approximate surface area is 110 Å². The first-order valence-corrected chi connectivity index (χ1v) is 5.48. The molecule has 1 aromatic carbocycles. The minimum absolute atomic E-state index is 0.154. The summed E-state index contributed by atoms with van der Waals surface area (Å²) in [5, 5.41) is 17.0. The Morgan fingerprint density at radius 1 is 1.22 bits per heavy atom. The Morgan fingerprint density at radius 2 is 1.67 bits per heavy atom. The van der Waals surface area contributed by atoms with Gasteiger partial charge >= 0.3 is 0 Å². The first kappa shape index (κ1) is 14.1. The normalized spacial score (nSPS) is 9.39. The average molecular weight is 314 g/mol. The van der Waals surface area contributed by atoms with Gasteiger partial charge in [0.15, 0.2) is 0 Å². The number of nitrogens with zero attached hydrogens (tertiary/aromatic N) is 3. The van der Waals surface area contributed by atoms with Gasteiger partial charge in [0.25, 0.3) is 5.91 Å². The van der Waals surface area contributed by atoms with Gasteiger partial charge in [-0.1, -0.05) is 15.9 Å². The van der Waals surface area contributed by atoms with Gasteiger partial charge in [-0.15, -0.1) is 0 Å². The van der Waals surface area contributed by atoms with Crippen LogP contribution < -0.4 is 0 Å². The number of carbonyl (C=O) groups excluding carboxylic acids is 1. The van der Waals surface area contributed by atoms with Crippen molar-refractivity contribution in [1.82, 2.24) is 4.90 Å². The molecule has 0 saturated heterocycles. The van der Waals surface area contributed by atoms with E-state index in [1.807, 2.05) is 0 Å². The second-order valence-corrected chi connectivity index (χ2v) is 4.14. The van der Waals surface area contributed by atoms with Crippen LogP contribution in [-0.2, 0) is 0 Å². The average Bonchev–Trinajstić information content (AvgIpc) is 2.27. The van der Waals surface area contributed by atoms with E-state index in [0.717, 1.165) is 17.0 Å². The van der Waals surface area contributed by atoms with E-state index in [0.29, 0.717) is 0 Å². The van der Waals surface area contributed by atoms with Crippen molar-refractivity contribution in [3.05, 3.63) is 33.8 Å². The van der Waals surface area contributed by atoms with E-state index in [2.05, 4.69) is 15.9 Å². The van der Waals surface area contributed by atoms with Crippen LogP contribution in [0.2, 0.25) is 0 Å². The molecule has 4 nitrogen and oxygen atoms in total. The zero-order valence-electron chi connectivity index (χ0n) is 8.95. The van der Waals surface area contributed by atoms with E-state index in [9.17, 15) is 13.6 Å². The molecule has 1 rings (SSSR count). The van der Waals surface area contributed by atoms with Gasteiger partial charge < -0.3 is 4.90 Å². The number of carbonyl (C=O) groups is 1. The molecule has 7 heteroatoms. The molecule has 0 N–H and O–H groups in total. The van der Waals surface area contributed by atoms with Crippen molar-refractivity contribution in [1.29, 1.82) is 10.5 Å². The van der Waals surface area contributed by atoms with Crippen molar-refractivity contribution in [2.24, 2.45) is 0 Å². The second kappa shape index (κ2) is 6.08. The SMILES string of the molecule is N#CCN(CC#N)C(=O)c1c(F)cc(Br)cc1F. The zero-order valence-corrected chi connectivity index (χ0v) is 10.5. The van der Waals surface area contributed by atoms with E-state index in [-0.39, 0.29) is 4.47 Å². The molecule has 0 aliphatic carbocycles. The summed E-state index contributed by atoms with van der Waals surface area (Å²) < 4.78 is 27.2. The van der Waals surface area contributed by atoms with Crippen molar-refractivity contribution < 1.29 is 13.6 Å². The standard InChI is InChI=1S/C11H6BrF2N3O/c12-7-5-8(13)10(9(14)6-7)11(18)17(3-1-15)4-2-16/h5-6H,3-4H2. The van der Waals surface area contributed by atoms with Gasteiger partial charge in [0, 0.05) is 4.47 Å². The van der Waals surface area contributed by atoms with Gasteiger partial charge in [-0.05, 0) is 12.1 Å². The first-order chi connectivity index (χ1) is 8.51. The third-order valence-electron chi connectivity index (χ3n) is 2.03. The highest BCUT2D eigenvalue weighted by atomic mass is 79.9. The summed E-state index contributed by atoms with van der Waals surface area (Å²) in [4.78, 5) is 12.6. The molecule has 0 aliphatic rings. The quantitative estimate of drug-likeness (QED) is 0.803. The molecule has 0 atom stereocenters. The van der Waals surface area contributed by atoms with Crippen molar-refractivity contribution >= 4 is 21.8 Å². The van der Waals surface area contributed by atoms with Crippen LogP contribution in [0.25, 0.3) is 0 Å². The van der Waals surface area contributed by atoms with Crippen molar-refractivity contribution in [3.8, 4) is 12.1 Å². The van der Waals surface area contributed by atoms with Crippen LogP contribution in [0.15, 0.2) is 16.6 Å². The predicted molar refractivity (Wildman–Crippen MR) is 61.2 cm³/mol. The Bertz CT molecular complexity index is 523. The zero-order chi connectivity index (χ0) is 13.7. The van der Waals surface area contributed by atoms with Crippen LogP contribution in [0, 0.1) is 34.3 Å². The molecule has 0 aromatic heterocycles.